The molecule has 0 bridgehead atoms. The summed E-state index contributed by atoms with van der Waals surface area (Å²) in [4.78, 5) is 13.6. The van der Waals surface area contributed by atoms with E-state index < -0.39 is 0 Å². The first-order valence-corrected chi connectivity index (χ1v) is 9.85. The number of ether oxygens (including phenoxy) is 3. The summed E-state index contributed by atoms with van der Waals surface area (Å²) in [7, 11) is 3.37. The van der Waals surface area contributed by atoms with Crippen LogP contribution >= 0.6 is 0 Å². The predicted molar refractivity (Wildman–Crippen MR) is 94.8 cm³/mol. The Kier molecular flexibility index (Phi) is 4.08. The molecule has 4 aliphatic rings. The quantitative estimate of drug-likeness (QED) is 0.754. The summed E-state index contributed by atoms with van der Waals surface area (Å²) < 4.78 is 17.7. The normalized spacial score (nSPS) is 49.5. The largest absolute Gasteiger partial charge is 0.493 e. The van der Waals surface area contributed by atoms with Gasteiger partial charge in [0, 0.05) is 24.9 Å². The van der Waals surface area contributed by atoms with E-state index >= 15 is 0 Å². The molecule has 0 aromatic rings. The highest BCUT2D eigenvalue weighted by Crippen LogP contribution is 2.67. The molecule has 0 amide bonds. The van der Waals surface area contributed by atoms with Crippen molar-refractivity contribution in [2.75, 3.05) is 14.2 Å². The van der Waals surface area contributed by atoms with Gasteiger partial charge in [-0.2, -0.15) is 0 Å². The Morgan fingerprint density at radius 3 is 2.60 bits per heavy atom. The Morgan fingerprint density at radius 2 is 1.92 bits per heavy atom. The average molecular weight is 348 g/mol. The summed E-state index contributed by atoms with van der Waals surface area (Å²) in [5, 5.41) is 0. The zero-order valence-electron chi connectivity index (χ0n) is 16.3. The molecule has 4 rings (SSSR count). The van der Waals surface area contributed by atoms with Crippen molar-refractivity contribution in [1.82, 2.24) is 0 Å². The van der Waals surface area contributed by atoms with Gasteiger partial charge in [-0.1, -0.05) is 26.7 Å². The number of hydrogen-bond acceptors (Lipinski definition) is 4. The number of ketones is 1. The average Bonchev–Trinajstić information content (AvgIpc) is 2.58. The van der Waals surface area contributed by atoms with E-state index in [-0.39, 0.29) is 40.8 Å². The lowest BCUT2D eigenvalue weighted by Crippen LogP contribution is -2.67. The van der Waals surface area contributed by atoms with Crippen molar-refractivity contribution >= 4 is 5.78 Å². The molecule has 0 N–H and O–H groups in total. The van der Waals surface area contributed by atoms with E-state index in [1.165, 1.54) is 19.3 Å². The van der Waals surface area contributed by atoms with Crippen LogP contribution in [0.2, 0.25) is 0 Å². The maximum Gasteiger partial charge on any atom is 0.201 e. The Morgan fingerprint density at radius 1 is 1.16 bits per heavy atom. The van der Waals surface area contributed by atoms with Crippen molar-refractivity contribution < 1.29 is 19.0 Å². The Labute approximate surface area is 151 Å². The van der Waals surface area contributed by atoms with Gasteiger partial charge in [0.2, 0.25) is 5.78 Å². The summed E-state index contributed by atoms with van der Waals surface area (Å²) in [5.41, 5.74) is 1.01. The molecule has 3 fully saturated rings. The zero-order chi connectivity index (χ0) is 18.0. The van der Waals surface area contributed by atoms with Crippen LogP contribution < -0.4 is 0 Å². The monoisotopic (exact) mass is 348 g/mol. The molecular formula is C21H32O4. The first kappa shape index (κ1) is 17.5. The second-order valence-electron chi connectivity index (χ2n) is 9.14. The topological polar surface area (TPSA) is 44.8 Å². The minimum Gasteiger partial charge on any atom is -0.493 e. The van der Waals surface area contributed by atoms with Crippen molar-refractivity contribution in [2.45, 2.75) is 71.7 Å². The van der Waals surface area contributed by atoms with Crippen LogP contribution in [0.4, 0.5) is 0 Å². The third-order valence-corrected chi connectivity index (χ3v) is 8.25. The van der Waals surface area contributed by atoms with Crippen molar-refractivity contribution in [3.63, 3.8) is 0 Å². The minimum atomic E-state index is -0.182. The summed E-state index contributed by atoms with van der Waals surface area (Å²) in [6, 6.07) is 0. The number of allylic oxidation sites excluding steroid dienone is 2. The van der Waals surface area contributed by atoms with Crippen LogP contribution in [-0.2, 0) is 19.0 Å². The minimum absolute atomic E-state index is 0.00879. The second kappa shape index (κ2) is 5.82. The lowest BCUT2D eigenvalue weighted by atomic mass is 9.41. The number of hydrogen-bond donors (Lipinski definition) is 0. The van der Waals surface area contributed by atoms with Gasteiger partial charge < -0.3 is 14.2 Å². The van der Waals surface area contributed by atoms with Crippen LogP contribution in [0.25, 0.3) is 0 Å². The molecule has 0 unspecified atom stereocenters. The third-order valence-electron chi connectivity index (χ3n) is 8.25. The highest BCUT2D eigenvalue weighted by Gasteiger charge is 2.68. The van der Waals surface area contributed by atoms with Crippen molar-refractivity contribution in [3.05, 3.63) is 11.3 Å². The SMILES string of the molecule is COC1=C(C)[C@H]2C[C@H](OC)O[C@@H]3C[C@H]4CCCC[C@@]4(C)[C@H](C1=O)[C@@]23C. The predicted octanol–water partition coefficient (Wildman–Crippen LogP) is 4.09. The highest BCUT2D eigenvalue weighted by atomic mass is 16.7. The maximum atomic E-state index is 13.6. The van der Waals surface area contributed by atoms with Crippen LogP contribution in [0.5, 0.6) is 0 Å². The van der Waals surface area contributed by atoms with E-state index in [1.807, 2.05) is 0 Å². The number of carbonyl (C=O) groups excluding carboxylic acids is 1. The molecule has 3 aliphatic carbocycles. The molecule has 4 heteroatoms. The first-order chi connectivity index (χ1) is 11.9. The molecule has 0 aromatic carbocycles. The van der Waals surface area contributed by atoms with E-state index in [1.54, 1.807) is 14.2 Å². The van der Waals surface area contributed by atoms with Crippen molar-refractivity contribution in [2.24, 2.45) is 28.6 Å². The summed E-state index contributed by atoms with van der Waals surface area (Å²) >= 11 is 0. The standard InChI is InChI=1S/C21H32O4/c1-12-14-11-16(23-4)25-15-10-13-8-6-7-9-20(13,2)19(21(14,15)3)17(22)18(12)24-5/h13-16,19H,6-11H2,1-5H3/t13-,14-,15-,16-,19+,20-,21+/m1/s1. The summed E-state index contributed by atoms with van der Waals surface area (Å²) in [5.74, 6) is 1.66. The van der Waals surface area contributed by atoms with Crippen molar-refractivity contribution in [3.8, 4) is 0 Å². The van der Waals surface area contributed by atoms with Crippen molar-refractivity contribution in [1.29, 1.82) is 0 Å². The lowest BCUT2D eigenvalue weighted by molar-refractivity contribution is -0.282. The molecule has 1 heterocycles. The van der Waals surface area contributed by atoms with Gasteiger partial charge >= 0.3 is 0 Å². The van der Waals surface area contributed by atoms with Gasteiger partial charge in [-0.25, -0.2) is 0 Å². The van der Waals surface area contributed by atoms with Gasteiger partial charge in [-0.05, 0) is 49.0 Å². The molecule has 4 nitrogen and oxygen atoms in total. The molecule has 1 saturated heterocycles. The van der Waals surface area contributed by atoms with Gasteiger partial charge in [-0.15, -0.1) is 0 Å². The smallest absolute Gasteiger partial charge is 0.201 e. The van der Waals surface area contributed by atoms with Crippen LogP contribution in [0.1, 0.15) is 59.3 Å². The summed E-state index contributed by atoms with van der Waals surface area (Å²) in [6.07, 6.45) is 6.64. The van der Waals surface area contributed by atoms with E-state index in [9.17, 15) is 4.79 Å². The number of fused-ring (bicyclic) bond motifs is 2. The Balaban J connectivity index is 1.89. The van der Waals surface area contributed by atoms with Gasteiger partial charge in [0.25, 0.3) is 0 Å². The van der Waals surface area contributed by atoms with Crippen LogP contribution in [0.3, 0.4) is 0 Å². The fourth-order valence-electron chi connectivity index (χ4n) is 7.04. The molecule has 0 spiro atoms. The number of rotatable bonds is 2. The Hall–Kier alpha value is -0.870. The number of Topliss-reactive ketones (excluding diaryl/α,β-unsaturated/α-hetero) is 1. The van der Waals surface area contributed by atoms with Crippen LogP contribution in [0, 0.1) is 28.6 Å². The van der Waals surface area contributed by atoms with Crippen LogP contribution in [-0.4, -0.2) is 32.4 Å². The van der Waals surface area contributed by atoms with E-state index in [4.69, 9.17) is 14.2 Å². The molecule has 0 aromatic heterocycles. The van der Waals surface area contributed by atoms with E-state index in [0.29, 0.717) is 11.7 Å². The van der Waals surface area contributed by atoms with E-state index in [0.717, 1.165) is 24.8 Å². The molecule has 7 atom stereocenters. The molecule has 25 heavy (non-hydrogen) atoms. The van der Waals surface area contributed by atoms with Gasteiger partial charge in [0.1, 0.15) is 0 Å². The number of methoxy groups -OCH3 is 2. The van der Waals surface area contributed by atoms with Gasteiger partial charge in [0.05, 0.1) is 13.2 Å². The van der Waals surface area contributed by atoms with Gasteiger partial charge in [-0.3, -0.25) is 4.79 Å². The molecule has 2 saturated carbocycles. The molecule has 140 valence electrons. The first-order valence-electron chi connectivity index (χ1n) is 9.85. The fourth-order valence-corrected chi connectivity index (χ4v) is 7.04. The van der Waals surface area contributed by atoms with Gasteiger partial charge in [0.15, 0.2) is 12.0 Å². The highest BCUT2D eigenvalue weighted by molar-refractivity contribution is 5.98. The molecular weight excluding hydrogens is 316 g/mol. The van der Waals surface area contributed by atoms with Crippen LogP contribution in [0.15, 0.2) is 11.3 Å². The fraction of sp³-hybridized carbons (Fsp3) is 0.857. The zero-order valence-corrected chi connectivity index (χ0v) is 16.3. The lowest BCUT2D eigenvalue weighted by Gasteiger charge is -2.65. The Bertz CT molecular complexity index is 611. The van der Waals surface area contributed by atoms with E-state index in [2.05, 4.69) is 20.8 Å². The maximum absolute atomic E-state index is 13.6. The number of carbonyl (C=O) groups is 1. The molecule has 0 radical (unpaired) electrons. The third kappa shape index (κ3) is 2.16. The summed E-state index contributed by atoms with van der Waals surface area (Å²) in [6.45, 7) is 6.75. The molecule has 1 aliphatic heterocycles. The second-order valence-corrected chi connectivity index (χ2v) is 9.14.